The van der Waals surface area contributed by atoms with Crippen molar-refractivity contribution in [3.05, 3.63) is 23.9 Å². The summed E-state index contributed by atoms with van der Waals surface area (Å²) in [7, 11) is 0. The highest BCUT2D eigenvalue weighted by Gasteiger charge is 2.11. The Labute approximate surface area is 97.7 Å². The average Bonchev–Trinajstić information content (AvgIpc) is 2.33. The van der Waals surface area contributed by atoms with Gasteiger partial charge in [-0.3, -0.25) is 0 Å². The number of piperidine rings is 1. The van der Waals surface area contributed by atoms with Gasteiger partial charge in [0.15, 0.2) is 0 Å². The summed E-state index contributed by atoms with van der Waals surface area (Å²) in [6.07, 6.45) is 5.84. The molecule has 0 aromatic carbocycles. The Hall–Kier alpha value is -1.09. The number of hydrogen-bond donors (Lipinski definition) is 2. The first-order valence-corrected chi connectivity index (χ1v) is 6.22. The minimum Gasteiger partial charge on any atom is -0.370 e. The van der Waals surface area contributed by atoms with Gasteiger partial charge < -0.3 is 10.6 Å². The van der Waals surface area contributed by atoms with Gasteiger partial charge >= 0.3 is 0 Å². The van der Waals surface area contributed by atoms with E-state index < -0.39 is 0 Å². The average molecular weight is 219 g/mol. The normalized spacial score (nSPS) is 20.7. The standard InChI is InChI=1S/C13H21N3/c1-11-4-5-13(16-9-11)15-8-6-12-3-2-7-14-10-12/h4-5,9,12,14H,2-3,6-8,10H2,1H3,(H,15,16). The minimum atomic E-state index is 0.840. The summed E-state index contributed by atoms with van der Waals surface area (Å²) in [5, 5.41) is 6.83. The predicted octanol–water partition coefficient (Wildman–Crippen LogP) is 2.19. The molecule has 0 aliphatic carbocycles. The molecule has 0 saturated carbocycles. The largest absolute Gasteiger partial charge is 0.370 e. The zero-order valence-electron chi connectivity index (χ0n) is 10.00. The molecule has 2 heterocycles. The molecule has 1 aromatic heterocycles. The van der Waals surface area contributed by atoms with Crippen molar-refractivity contribution in [2.45, 2.75) is 26.2 Å². The van der Waals surface area contributed by atoms with Gasteiger partial charge in [-0.15, -0.1) is 0 Å². The van der Waals surface area contributed by atoms with Gasteiger partial charge in [-0.1, -0.05) is 6.07 Å². The van der Waals surface area contributed by atoms with Gasteiger partial charge in [-0.05, 0) is 56.8 Å². The van der Waals surface area contributed by atoms with Crippen LogP contribution >= 0.6 is 0 Å². The third-order valence-corrected chi connectivity index (χ3v) is 3.17. The van der Waals surface area contributed by atoms with Gasteiger partial charge in [-0.25, -0.2) is 4.98 Å². The van der Waals surface area contributed by atoms with E-state index in [0.717, 1.165) is 18.3 Å². The third-order valence-electron chi connectivity index (χ3n) is 3.17. The molecule has 2 rings (SSSR count). The van der Waals surface area contributed by atoms with Crippen LogP contribution in [-0.2, 0) is 0 Å². The first-order chi connectivity index (χ1) is 7.84. The molecule has 88 valence electrons. The van der Waals surface area contributed by atoms with Crippen molar-refractivity contribution in [1.29, 1.82) is 0 Å². The molecule has 1 saturated heterocycles. The first-order valence-electron chi connectivity index (χ1n) is 6.22. The second-order valence-corrected chi connectivity index (χ2v) is 4.65. The zero-order chi connectivity index (χ0) is 11.2. The third kappa shape index (κ3) is 3.49. The molecule has 2 N–H and O–H groups in total. The Morgan fingerprint density at radius 3 is 3.12 bits per heavy atom. The van der Waals surface area contributed by atoms with Crippen LogP contribution in [0.25, 0.3) is 0 Å². The van der Waals surface area contributed by atoms with E-state index in [-0.39, 0.29) is 0 Å². The Bertz CT molecular complexity index is 301. The lowest BCUT2D eigenvalue weighted by Gasteiger charge is -2.22. The van der Waals surface area contributed by atoms with Crippen molar-refractivity contribution >= 4 is 5.82 Å². The number of rotatable bonds is 4. The highest BCUT2D eigenvalue weighted by atomic mass is 15.0. The zero-order valence-corrected chi connectivity index (χ0v) is 10.00. The maximum absolute atomic E-state index is 4.33. The highest BCUT2D eigenvalue weighted by molar-refractivity contribution is 5.34. The van der Waals surface area contributed by atoms with E-state index in [9.17, 15) is 0 Å². The van der Waals surface area contributed by atoms with Crippen LogP contribution in [0.2, 0.25) is 0 Å². The summed E-state index contributed by atoms with van der Waals surface area (Å²) in [5.74, 6) is 1.83. The van der Waals surface area contributed by atoms with Crippen LogP contribution in [0.15, 0.2) is 18.3 Å². The number of anilines is 1. The Balaban J connectivity index is 1.69. The fourth-order valence-corrected chi connectivity index (χ4v) is 2.15. The maximum atomic E-state index is 4.33. The number of pyridine rings is 1. The molecule has 1 fully saturated rings. The molecule has 1 aromatic rings. The molecule has 1 unspecified atom stereocenters. The van der Waals surface area contributed by atoms with Crippen molar-refractivity contribution in [3.63, 3.8) is 0 Å². The van der Waals surface area contributed by atoms with E-state index in [1.165, 1.54) is 37.9 Å². The van der Waals surface area contributed by atoms with Crippen molar-refractivity contribution in [1.82, 2.24) is 10.3 Å². The molecule has 0 spiro atoms. The van der Waals surface area contributed by atoms with Crippen LogP contribution in [0, 0.1) is 12.8 Å². The van der Waals surface area contributed by atoms with Crippen LogP contribution < -0.4 is 10.6 Å². The molecule has 3 nitrogen and oxygen atoms in total. The lowest BCUT2D eigenvalue weighted by atomic mass is 9.96. The smallest absolute Gasteiger partial charge is 0.125 e. The minimum absolute atomic E-state index is 0.840. The van der Waals surface area contributed by atoms with Crippen LogP contribution in [0.4, 0.5) is 5.82 Å². The van der Waals surface area contributed by atoms with Crippen molar-refractivity contribution in [2.24, 2.45) is 5.92 Å². The number of nitrogens with zero attached hydrogens (tertiary/aromatic N) is 1. The molecule has 3 heteroatoms. The van der Waals surface area contributed by atoms with E-state index in [2.05, 4.69) is 34.7 Å². The molecular weight excluding hydrogens is 198 g/mol. The maximum Gasteiger partial charge on any atom is 0.125 e. The summed E-state index contributed by atoms with van der Waals surface area (Å²) in [6, 6.07) is 4.14. The number of aryl methyl sites for hydroxylation is 1. The van der Waals surface area contributed by atoms with Gasteiger partial charge in [0.1, 0.15) is 5.82 Å². The summed E-state index contributed by atoms with van der Waals surface area (Å²) < 4.78 is 0. The van der Waals surface area contributed by atoms with Crippen LogP contribution in [0.1, 0.15) is 24.8 Å². The van der Waals surface area contributed by atoms with E-state index in [1.54, 1.807) is 0 Å². The Morgan fingerprint density at radius 2 is 2.44 bits per heavy atom. The lowest BCUT2D eigenvalue weighted by Crippen LogP contribution is -2.30. The first kappa shape index (κ1) is 11.4. The van der Waals surface area contributed by atoms with Gasteiger partial charge in [0.2, 0.25) is 0 Å². The van der Waals surface area contributed by atoms with Gasteiger partial charge in [-0.2, -0.15) is 0 Å². The molecular formula is C13H21N3. The SMILES string of the molecule is Cc1ccc(NCCC2CCCNC2)nc1. The molecule has 0 radical (unpaired) electrons. The Kier molecular flexibility index (Phi) is 4.17. The van der Waals surface area contributed by atoms with E-state index in [4.69, 9.17) is 0 Å². The van der Waals surface area contributed by atoms with Crippen molar-refractivity contribution in [2.75, 3.05) is 25.0 Å². The van der Waals surface area contributed by atoms with Crippen LogP contribution in [0.5, 0.6) is 0 Å². The summed E-state index contributed by atoms with van der Waals surface area (Å²) >= 11 is 0. The molecule has 1 aliphatic rings. The van der Waals surface area contributed by atoms with E-state index in [1.807, 2.05) is 6.20 Å². The molecule has 16 heavy (non-hydrogen) atoms. The van der Waals surface area contributed by atoms with Gasteiger partial charge in [0, 0.05) is 12.7 Å². The van der Waals surface area contributed by atoms with E-state index in [0.29, 0.717) is 0 Å². The van der Waals surface area contributed by atoms with Crippen LogP contribution in [0.3, 0.4) is 0 Å². The topological polar surface area (TPSA) is 37.0 Å². The van der Waals surface area contributed by atoms with Crippen molar-refractivity contribution in [3.8, 4) is 0 Å². The fraction of sp³-hybridized carbons (Fsp3) is 0.615. The van der Waals surface area contributed by atoms with Gasteiger partial charge in [0.25, 0.3) is 0 Å². The molecule has 1 atom stereocenters. The molecule has 0 bridgehead atoms. The monoisotopic (exact) mass is 219 g/mol. The molecule has 1 aliphatic heterocycles. The summed E-state index contributed by atoms with van der Waals surface area (Å²) in [4.78, 5) is 4.33. The van der Waals surface area contributed by atoms with Crippen molar-refractivity contribution < 1.29 is 0 Å². The molecule has 0 amide bonds. The quantitative estimate of drug-likeness (QED) is 0.815. The predicted molar refractivity (Wildman–Crippen MR) is 67.7 cm³/mol. The highest BCUT2D eigenvalue weighted by Crippen LogP contribution is 2.14. The van der Waals surface area contributed by atoms with E-state index >= 15 is 0 Å². The number of hydrogen-bond acceptors (Lipinski definition) is 3. The second kappa shape index (κ2) is 5.85. The summed E-state index contributed by atoms with van der Waals surface area (Å²) in [5.41, 5.74) is 1.21. The van der Waals surface area contributed by atoms with Crippen LogP contribution in [-0.4, -0.2) is 24.6 Å². The van der Waals surface area contributed by atoms with Gasteiger partial charge in [0.05, 0.1) is 0 Å². The Morgan fingerprint density at radius 1 is 1.50 bits per heavy atom. The number of aromatic nitrogens is 1. The lowest BCUT2D eigenvalue weighted by molar-refractivity contribution is 0.364. The summed E-state index contributed by atoms with van der Waals surface area (Å²) in [6.45, 7) is 5.47. The fourth-order valence-electron chi connectivity index (χ4n) is 2.15. The number of nitrogens with one attached hydrogen (secondary N) is 2. The second-order valence-electron chi connectivity index (χ2n) is 4.65.